The third-order valence-electron chi connectivity index (χ3n) is 6.23. The molecular formula is C23H25FN2O2. The summed E-state index contributed by atoms with van der Waals surface area (Å²) in [5.41, 5.74) is 0.938. The molecule has 1 aliphatic heterocycles. The summed E-state index contributed by atoms with van der Waals surface area (Å²) in [6.07, 6.45) is 4.68. The van der Waals surface area contributed by atoms with Crippen molar-refractivity contribution in [1.82, 2.24) is 4.98 Å². The van der Waals surface area contributed by atoms with Crippen LogP contribution in [0, 0.1) is 24.1 Å². The van der Waals surface area contributed by atoms with E-state index in [2.05, 4.69) is 4.98 Å². The normalized spacial score (nSPS) is 24.7. The Kier molecular flexibility index (Phi) is 5.00. The Morgan fingerprint density at radius 3 is 2.86 bits per heavy atom. The van der Waals surface area contributed by atoms with Crippen LogP contribution in [0.5, 0.6) is 0 Å². The third kappa shape index (κ3) is 3.58. The molecule has 28 heavy (non-hydrogen) atoms. The summed E-state index contributed by atoms with van der Waals surface area (Å²) in [7, 11) is 0. The molecule has 4 rings (SSSR count). The first-order chi connectivity index (χ1) is 13.5. The number of hydrogen-bond donors (Lipinski definition) is 0. The van der Waals surface area contributed by atoms with Gasteiger partial charge in [-0.3, -0.25) is 14.5 Å². The molecular weight excluding hydrogens is 355 g/mol. The zero-order chi connectivity index (χ0) is 19.7. The van der Waals surface area contributed by atoms with E-state index in [0.717, 1.165) is 43.6 Å². The average molecular weight is 380 g/mol. The third-order valence-corrected chi connectivity index (χ3v) is 6.23. The quantitative estimate of drug-likeness (QED) is 0.722. The lowest BCUT2D eigenvalue weighted by Crippen LogP contribution is -2.39. The van der Waals surface area contributed by atoms with Gasteiger partial charge in [0.05, 0.1) is 5.41 Å². The molecule has 1 saturated carbocycles. The van der Waals surface area contributed by atoms with Gasteiger partial charge in [-0.2, -0.15) is 0 Å². The Morgan fingerprint density at radius 1 is 1.25 bits per heavy atom. The molecule has 2 heterocycles. The van der Waals surface area contributed by atoms with Gasteiger partial charge in [0.2, 0.25) is 5.91 Å². The van der Waals surface area contributed by atoms with Gasteiger partial charge in [-0.15, -0.1) is 0 Å². The number of nitrogens with zero attached hydrogens (tertiary/aromatic N) is 2. The van der Waals surface area contributed by atoms with E-state index in [9.17, 15) is 14.0 Å². The number of hydrogen-bond acceptors (Lipinski definition) is 3. The van der Waals surface area contributed by atoms with Crippen LogP contribution in [-0.4, -0.2) is 23.2 Å². The number of carbonyl (C=O) groups is 2. The van der Waals surface area contributed by atoms with E-state index < -0.39 is 5.82 Å². The summed E-state index contributed by atoms with van der Waals surface area (Å²) < 4.78 is 13.4. The largest absolute Gasteiger partial charge is 0.296 e. The Labute approximate surface area is 164 Å². The second-order valence-electron chi connectivity index (χ2n) is 8.22. The van der Waals surface area contributed by atoms with Crippen LogP contribution in [0.3, 0.4) is 0 Å². The molecule has 0 unspecified atom stereocenters. The lowest BCUT2D eigenvalue weighted by Gasteiger charge is -2.36. The second-order valence-corrected chi connectivity index (χ2v) is 8.22. The number of ketones is 1. The maximum Gasteiger partial charge on any atom is 0.234 e. The highest BCUT2D eigenvalue weighted by molar-refractivity contribution is 5.99. The van der Waals surface area contributed by atoms with Gasteiger partial charge in [0.25, 0.3) is 0 Å². The Morgan fingerprint density at radius 2 is 2.07 bits per heavy atom. The van der Waals surface area contributed by atoms with E-state index in [1.165, 1.54) is 12.1 Å². The molecule has 4 nitrogen and oxygen atoms in total. The lowest BCUT2D eigenvalue weighted by atomic mass is 9.67. The van der Waals surface area contributed by atoms with E-state index in [1.54, 1.807) is 12.1 Å². The molecule has 0 bridgehead atoms. The van der Waals surface area contributed by atoms with Crippen molar-refractivity contribution in [2.75, 3.05) is 11.4 Å². The highest BCUT2D eigenvalue weighted by Crippen LogP contribution is 2.48. The van der Waals surface area contributed by atoms with Crippen LogP contribution in [0.15, 0.2) is 42.5 Å². The zero-order valence-corrected chi connectivity index (χ0v) is 16.2. The number of Topliss-reactive ketones (excluding diaryl/α,β-unsaturated/α-hetero) is 1. The molecule has 1 saturated heterocycles. The minimum Gasteiger partial charge on any atom is -0.296 e. The first-order valence-corrected chi connectivity index (χ1v) is 10.0. The van der Waals surface area contributed by atoms with Gasteiger partial charge in [-0.05, 0) is 62.8 Å². The zero-order valence-electron chi connectivity index (χ0n) is 16.2. The SMILES string of the molecule is Cc1cccc(N2CC[C@@]3(CCC[C@@H](CC(=O)c4cccc(F)c4)C3)C2=O)n1. The summed E-state index contributed by atoms with van der Waals surface area (Å²) in [6, 6.07) is 11.6. The monoisotopic (exact) mass is 380 g/mol. The van der Waals surface area contributed by atoms with Crippen molar-refractivity contribution in [1.29, 1.82) is 0 Å². The number of aryl methyl sites for hydroxylation is 1. The van der Waals surface area contributed by atoms with Crippen LogP contribution in [0.1, 0.15) is 54.6 Å². The molecule has 1 amide bonds. The fourth-order valence-electron chi connectivity index (χ4n) is 4.84. The summed E-state index contributed by atoms with van der Waals surface area (Å²) in [4.78, 5) is 32.2. The maximum absolute atomic E-state index is 13.4. The molecule has 2 atom stereocenters. The van der Waals surface area contributed by atoms with Crippen LogP contribution in [0.4, 0.5) is 10.2 Å². The first kappa shape index (κ1) is 18.8. The standard InChI is InChI=1S/C23H25FN2O2/c1-16-5-2-9-21(25-16)26-12-11-23(22(26)28)10-4-6-17(15-23)13-20(27)18-7-3-8-19(24)14-18/h2-3,5,7-9,14,17H,4,6,10-13,15H2,1H3/t17-,23+/m0/s1. The highest BCUT2D eigenvalue weighted by atomic mass is 19.1. The first-order valence-electron chi connectivity index (χ1n) is 10.0. The van der Waals surface area contributed by atoms with Gasteiger partial charge in [0, 0.05) is 24.2 Å². The van der Waals surface area contributed by atoms with Crippen molar-refractivity contribution >= 4 is 17.5 Å². The number of rotatable bonds is 4. The Bertz CT molecular complexity index is 913. The fraction of sp³-hybridized carbons (Fsp3) is 0.435. The van der Waals surface area contributed by atoms with Crippen molar-refractivity contribution in [3.05, 3.63) is 59.5 Å². The molecule has 0 N–H and O–H groups in total. The molecule has 1 aliphatic carbocycles. The number of pyridine rings is 1. The smallest absolute Gasteiger partial charge is 0.234 e. The van der Waals surface area contributed by atoms with Crippen LogP contribution < -0.4 is 4.90 Å². The predicted molar refractivity (Wildman–Crippen MR) is 106 cm³/mol. The van der Waals surface area contributed by atoms with Crippen molar-refractivity contribution in [2.24, 2.45) is 11.3 Å². The summed E-state index contributed by atoms with van der Waals surface area (Å²) in [6.45, 7) is 2.61. The van der Waals surface area contributed by atoms with Crippen LogP contribution in [0.25, 0.3) is 0 Å². The van der Waals surface area contributed by atoms with E-state index >= 15 is 0 Å². The van der Waals surface area contributed by atoms with Crippen molar-refractivity contribution in [3.8, 4) is 0 Å². The topological polar surface area (TPSA) is 50.3 Å². The van der Waals surface area contributed by atoms with Gasteiger partial charge in [-0.25, -0.2) is 9.37 Å². The van der Waals surface area contributed by atoms with E-state index in [1.807, 2.05) is 30.0 Å². The van der Waals surface area contributed by atoms with Gasteiger partial charge >= 0.3 is 0 Å². The predicted octanol–water partition coefficient (Wildman–Crippen LogP) is 4.72. The molecule has 1 aromatic heterocycles. The summed E-state index contributed by atoms with van der Waals surface area (Å²) in [5.74, 6) is 0.606. The summed E-state index contributed by atoms with van der Waals surface area (Å²) >= 11 is 0. The molecule has 5 heteroatoms. The number of anilines is 1. The number of amides is 1. The van der Waals surface area contributed by atoms with E-state index in [-0.39, 0.29) is 23.0 Å². The lowest BCUT2D eigenvalue weighted by molar-refractivity contribution is -0.128. The molecule has 1 spiro atoms. The number of halogens is 1. The van der Waals surface area contributed by atoms with Gasteiger partial charge in [-0.1, -0.05) is 24.6 Å². The minimum atomic E-state index is -0.391. The van der Waals surface area contributed by atoms with Gasteiger partial charge in [0.15, 0.2) is 5.78 Å². The Balaban J connectivity index is 1.47. The van der Waals surface area contributed by atoms with Gasteiger partial charge in [0.1, 0.15) is 11.6 Å². The van der Waals surface area contributed by atoms with E-state index in [0.29, 0.717) is 18.5 Å². The van der Waals surface area contributed by atoms with E-state index in [4.69, 9.17) is 0 Å². The minimum absolute atomic E-state index is 0.0378. The molecule has 2 fully saturated rings. The molecule has 2 aliphatic rings. The van der Waals surface area contributed by atoms with Crippen LogP contribution in [0.2, 0.25) is 0 Å². The molecule has 0 radical (unpaired) electrons. The molecule has 146 valence electrons. The molecule has 1 aromatic carbocycles. The fourth-order valence-corrected chi connectivity index (χ4v) is 4.84. The van der Waals surface area contributed by atoms with Crippen LogP contribution in [-0.2, 0) is 4.79 Å². The number of aromatic nitrogens is 1. The second kappa shape index (κ2) is 7.46. The molecule has 2 aromatic rings. The summed E-state index contributed by atoms with van der Waals surface area (Å²) in [5, 5.41) is 0. The van der Waals surface area contributed by atoms with Gasteiger partial charge < -0.3 is 0 Å². The van der Waals surface area contributed by atoms with Crippen molar-refractivity contribution in [3.63, 3.8) is 0 Å². The Hall–Kier alpha value is -2.56. The average Bonchev–Trinajstić information content (AvgIpc) is 2.97. The maximum atomic E-state index is 13.4. The van der Waals surface area contributed by atoms with Crippen molar-refractivity contribution in [2.45, 2.75) is 45.4 Å². The van der Waals surface area contributed by atoms with Crippen molar-refractivity contribution < 1.29 is 14.0 Å². The number of carbonyl (C=O) groups excluding carboxylic acids is 2. The van der Waals surface area contributed by atoms with Crippen LogP contribution >= 0.6 is 0 Å². The highest BCUT2D eigenvalue weighted by Gasteiger charge is 2.49. The number of benzene rings is 1.